The highest BCUT2D eigenvalue weighted by atomic mass is 19.4. The molecule has 4 aliphatic rings. The van der Waals surface area contributed by atoms with Crippen LogP contribution in [0.1, 0.15) is 43.2 Å². The molecule has 0 radical (unpaired) electrons. The number of rotatable bonds is 5. The standard InChI is InChI=1S/C26H30F4N4O/c1-14-2-3-18(27)9-21(14)23-10-22(26(28,29)30)25(33-32-23)31-19-6-15-11-34(12-16(15)7-19)13-17-8-20-4-5-24(17)35-20/h2-3,9-10,15-17,19-20,24H,4-8,11-13H2,1H3,(H,31,33)/t15-,16+,17-,19-,20?,24?/m0/s1. The number of hydrogen-bond donors (Lipinski definition) is 1. The first-order valence-corrected chi connectivity index (χ1v) is 12.6. The Kier molecular flexibility index (Phi) is 5.75. The van der Waals surface area contributed by atoms with Crippen LogP contribution < -0.4 is 5.32 Å². The Labute approximate surface area is 202 Å². The molecule has 1 saturated carbocycles. The van der Waals surface area contributed by atoms with E-state index >= 15 is 0 Å². The van der Waals surface area contributed by atoms with Crippen molar-refractivity contribution in [3.05, 3.63) is 41.2 Å². The first-order valence-electron chi connectivity index (χ1n) is 12.6. The summed E-state index contributed by atoms with van der Waals surface area (Å²) in [7, 11) is 0. The first kappa shape index (κ1) is 23.2. The van der Waals surface area contributed by atoms with Crippen LogP contribution in [0, 0.1) is 30.5 Å². The number of ether oxygens (including phenoxy) is 1. The van der Waals surface area contributed by atoms with Crippen molar-refractivity contribution in [2.75, 3.05) is 25.0 Å². The van der Waals surface area contributed by atoms with Gasteiger partial charge in [-0.05, 0) is 74.6 Å². The third-order valence-corrected chi connectivity index (χ3v) is 8.47. The molecule has 5 nitrogen and oxygen atoms in total. The Morgan fingerprint density at radius 2 is 1.83 bits per heavy atom. The van der Waals surface area contributed by atoms with Gasteiger partial charge in [0.25, 0.3) is 0 Å². The molecule has 2 bridgehead atoms. The average molecular weight is 491 g/mol. The Morgan fingerprint density at radius 1 is 1.06 bits per heavy atom. The Balaban J connectivity index is 1.13. The van der Waals surface area contributed by atoms with Gasteiger partial charge in [-0.25, -0.2) is 4.39 Å². The minimum absolute atomic E-state index is 0.0170. The van der Waals surface area contributed by atoms with E-state index in [-0.39, 0.29) is 17.6 Å². The minimum atomic E-state index is -4.59. The van der Waals surface area contributed by atoms with Crippen molar-refractivity contribution in [2.45, 2.75) is 63.5 Å². The molecule has 2 unspecified atom stereocenters. The molecule has 1 aliphatic carbocycles. The molecule has 4 fully saturated rings. The predicted molar refractivity (Wildman–Crippen MR) is 123 cm³/mol. The van der Waals surface area contributed by atoms with Crippen molar-refractivity contribution in [1.29, 1.82) is 0 Å². The predicted octanol–water partition coefficient (Wildman–Crippen LogP) is 5.30. The largest absolute Gasteiger partial charge is 0.420 e. The summed E-state index contributed by atoms with van der Waals surface area (Å²) in [6, 6.07) is 4.91. The van der Waals surface area contributed by atoms with Crippen LogP contribution in [-0.4, -0.2) is 53.0 Å². The highest BCUT2D eigenvalue weighted by molar-refractivity contribution is 5.65. The van der Waals surface area contributed by atoms with Crippen molar-refractivity contribution in [1.82, 2.24) is 15.1 Å². The van der Waals surface area contributed by atoms with Crippen molar-refractivity contribution < 1.29 is 22.3 Å². The maximum absolute atomic E-state index is 13.9. The van der Waals surface area contributed by atoms with E-state index in [1.165, 1.54) is 37.5 Å². The lowest BCUT2D eigenvalue weighted by molar-refractivity contribution is -0.137. The van der Waals surface area contributed by atoms with Gasteiger partial charge in [0.1, 0.15) is 11.4 Å². The second-order valence-corrected chi connectivity index (χ2v) is 10.9. The number of nitrogens with one attached hydrogen (secondary N) is 1. The number of benzene rings is 1. The van der Waals surface area contributed by atoms with Gasteiger partial charge in [-0.15, -0.1) is 10.2 Å². The summed E-state index contributed by atoms with van der Waals surface area (Å²) in [4.78, 5) is 2.54. The summed E-state index contributed by atoms with van der Waals surface area (Å²) in [5.41, 5.74) is 0.107. The van der Waals surface area contributed by atoms with E-state index < -0.39 is 17.6 Å². The topological polar surface area (TPSA) is 50.3 Å². The zero-order valence-corrected chi connectivity index (χ0v) is 19.7. The SMILES string of the molecule is Cc1ccc(F)cc1-c1cc(C(F)(F)F)c(N[C@@H]2C[C@@H]3CN(C[C@@H]4CC5CCC4O5)C[C@@H]3C2)nn1. The zero-order valence-electron chi connectivity index (χ0n) is 19.7. The molecule has 35 heavy (non-hydrogen) atoms. The molecule has 9 heteroatoms. The van der Waals surface area contributed by atoms with Crippen LogP contribution in [0.4, 0.5) is 23.4 Å². The molecular weight excluding hydrogens is 460 g/mol. The fourth-order valence-corrected chi connectivity index (χ4v) is 6.84. The van der Waals surface area contributed by atoms with Gasteiger partial charge < -0.3 is 15.0 Å². The van der Waals surface area contributed by atoms with Gasteiger partial charge in [0.2, 0.25) is 0 Å². The number of aryl methyl sites for hydroxylation is 1. The summed E-state index contributed by atoms with van der Waals surface area (Å²) in [5.74, 6) is 0.845. The monoisotopic (exact) mass is 490 g/mol. The fourth-order valence-electron chi connectivity index (χ4n) is 6.84. The van der Waals surface area contributed by atoms with Gasteiger partial charge >= 0.3 is 6.18 Å². The molecule has 1 aromatic carbocycles. The minimum Gasteiger partial charge on any atom is -0.375 e. The Morgan fingerprint density at radius 3 is 2.49 bits per heavy atom. The average Bonchev–Trinajstić information content (AvgIpc) is 3.57. The molecule has 6 rings (SSSR count). The van der Waals surface area contributed by atoms with Gasteiger partial charge in [0.15, 0.2) is 5.82 Å². The van der Waals surface area contributed by atoms with Crippen LogP contribution >= 0.6 is 0 Å². The second-order valence-electron chi connectivity index (χ2n) is 10.9. The van der Waals surface area contributed by atoms with E-state index in [9.17, 15) is 17.6 Å². The molecule has 0 spiro atoms. The van der Waals surface area contributed by atoms with Gasteiger partial charge in [0.05, 0.1) is 17.9 Å². The lowest BCUT2D eigenvalue weighted by Gasteiger charge is -2.26. The Bertz CT molecular complexity index is 1100. The first-order chi connectivity index (χ1) is 16.7. The molecule has 6 atom stereocenters. The highest BCUT2D eigenvalue weighted by Crippen LogP contribution is 2.44. The normalized spacial score (nSPS) is 32.4. The molecule has 2 aromatic rings. The molecule has 0 amide bonds. The van der Waals surface area contributed by atoms with Crippen LogP contribution in [0.3, 0.4) is 0 Å². The Hall–Kier alpha value is -2.26. The number of aromatic nitrogens is 2. The number of halogens is 4. The van der Waals surface area contributed by atoms with Crippen molar-refractivity contribution >= 4 is 5.82 Å². The molecule has 1 aromatic heterocycles. The fraction of sp³-hybridized carbons (Fsp3) is 0.615. The lowest BCUT2D eigenvalue weighted by Crippen LogP contribution is -2.34. The lowest BCUT2D eigenvalue weighted by atomic mass is 9.89. The van der Waals surface area contributed by atoms with Crippen LogP contribution in [0.5, 0.6) is 0 Å². The van der Waals surface area contributed by atoms with E-state index in [0.717, 1.165) is 38.5 Å². The van der Waals surface area contributed by atoms with Gasteiger partial charge in [-0.3, -0.25) is 0 Å². The van der Waals surface area contributed by atoms with Crippen LogP contribution in [0.25, 0.3) is 11.3 Å². The number of alkyl halides is 3. The van der Waals surface area contributed by atoms with Gasteiger partial charge in [-0.2, -0.15) is 13.2 Å². The number of anilines is 1. The summed E-state index contributed by atoms with van der Waals surface area (Å²) in [5, 5.41) is 11.0. The summed E-state index contributed by atoms with van der Waals surface area (Å²) in [6.45, 7) is 4.80. The number of likely N-dealkylation sites (tertiary alicyclic amines) is 1. The highest BCUT2D eigenvalue weighted by Gasteiger charge is 2.46. The van der Waals surface area contributed by atoms with Gasteiger partial charge in [0, 0.05) is 37.2 Å². The molecule has 3 saturated heterocycles. The number of nitrogens with zero attached hydrogens (tertiary/aromatic N) is 3. The van der Waals surface area contributed by atoms with Crippen LogP contribution in [-0.2, 0) is 10.9 Å². The van der Waals surface area contributed by atoms with Gasteiger partial charge in [-0.1, -0.05) is 6.07 Å². The van der Waals surface area contributed by atoms with E-state index in [1.54, 1.807) is 6.92 Å². The summed E-state index contributed by atoms with van der Waals surface area (Å²) >= 11 is 0. The van der Waals surface area contributed by atoms with E-state index in [0.29, 0.717) is 41.1 Å². The van der Waals surface area contributed by atoms with Crippen molar-refractivity contribution in [3.63, 3.8) is 0 Å². The van der Waals surface area contributed by atoms with Crippen molar-refractivity contribution in [3.8, 4) is 11.3 Å². The van der Waals surface area contributed by atoms with E-state index in [4.69, 9.17) is 4.74 Å². The smallest absolute Gasteiger partial charge is 0.375 e. The molecule has 3 aliphatic heterocycles. The molecule has 4 heterocycles. The maximum Gasteiger partial charge on any atom is 0.420 e. The van der Waals surface area contributed by atoms with Crippen LogP contribution in [0.15, 0.2) is 24.3 Å². The van der Waals surface area contributed by atoms with E-state index in [2.05, 4.69) is 20.4 Å². The third kappa shape index (κ3) is 4.53. The maximum atomic E-state index is 13.9. The molecular formula is C26H30F4N4O. The molecule has 188 valence electrons. The summed E-state index contributed by atoms with van der Waals surface area (Å²) in [6.07, 6.45) is 1.51. The number of fused-ring (bicyclic) bond motifs is 3. The second kappa shape index (κ2) is 8.69. The van der Waals surface area contributed by atoms with Crippen molar-refractivity contribution in [2.24, 2.45) is 17.8 Å². The quantitative estimate of drug-likeness (QED) is 0.577. The summed E-state index contributed by atoms with van der Waals surface area (Å²) < 4.78 is 61.5. The van der Waals surface area contributed by atoms with Crippen LogP contribution in [0.2, 0.25) is 0 Å². The zero-order chi connectivity index (χ0) is 24.3. The third-order valence-electron chi connectivity index (χ3n) is 8.47. The molecule has 1 N–H and O–H groups in total. The van der Waals surface area contributed by atoms with E-state index in [1.807, 2.05) is 0 Å². The number of hydrogen-bond acceptors (Lipinski definition) is 5.